The van der Waals surface area contributed by atoms with E-state index in [0.717, 1.165) is 41.7 Å². The Hall–Kier alpha value is -2.67. The van der Waals surface area contributed by atoms with Gasteiger partial charge >= 0.3 is 0 Å². The third-order valence-corrected chi connectivity index (χ3v) is 5.96. The molecule has 4 heterocycles. The summed E-state index contributed by atoms with van der Waals surface area (Å²) in [6.07, 6.45) is 9.44. The predicted octanol–water partition coefficient (Wildman–Crippen LogP) is 3.38. The quantitative estimate of drug-likeness (QED) is 0.504. The van der Waals surface area contributed by atoms with Gasteiger partial charge in [-0.05, 0) is 31.2 Å². The Morgan fingerprint density at radius 3 is 3.04 bits per heavy atom. The third-order valence-electron chi connectivity index (χ3n) is 5.40. The van der Waals surface area contributed by atoms with Gasteiger partial charge in [-0.3, -0.25) is 9.78 Å². The molecule has 5 rings (SSSR count). The molecular formula is C20H19N5OS. The lowest BCUT2D eigenvalue weighted by Gasteiger charge is -2.27. The highest BCUT2D eigenvalue weighted by atomic mass is 32.2. The highest BCUT2D eigenvalue weighted by Crippen LogP contribution is 2.36. The van der Waals surface area contributed by atoms with Crippen LogP contribution in [0.5, 0.6) is 0 Å². The van der Waals surface area contributed by atoms with E-state index in [-0.39, 0.29) is 11.9 Å². The van der Waals surface area contributed by atoms with E-state index in [1.807, 2.05) is 41.6 Å². The number of aromatic nitrogens is 3. The molecule has 3 aromatic rings. The Bertz CT molecular complexity index is 1030. The van der Waals surface area contributed by atoms with E-state index in [9.17, 15) is 4.79 Å². The van der Waals surface area contributed by atoms with E-state index in [1.54, 1.807) is 12.4 Å². The number of thioether (sulfide) groups is 1. The van der Waals surface area contributed by atoms with E-state index in [0.29, 0.717) is 17.3 Å². The van der Waals surface area contributed by atoms with Crippen LogP contribution in [0.2, 0.25) is 0 Å². The Balaban J connectivity index is 1.69. The second-order valence-corrected chi connectivity index (χ2v) is 7.65. The fourth-order valence-corrected chi connectivity index (χ4v) is 4.45. The molecule has 136 valence electrons. The summed E-state index contributed by atoms with van der Waals surface area (Å²) in [7, 11) is 0. The minimum absolute atomic E-state index is 0.0311. The van der Waals surface area contributed by atoms with Gasteiger partial charge in [0.25, 0.3) is 5.91 Å². The van der Waals surface area contributed by atoms with E-state index in [4.69, 9.17) is 4.98 Å². The molecule has 0 radical (unpaired) electrons. The molecule has 0 saturated carbocycles. The molecule has 1 amide bonds. The molecule has 0 spiro atoms. The van der Waals surface area contributed by atoms with E-state index < -0.39 is 0 Å². The predicted molar refractivity (Wildman–Crippen MR) is 108 cm³/mol. The van der Waals surface area contributed by atoms with Gasteiger partial charge in [0.2, 0.25) is 0 Å². The molecule has 2 aliphatic heterocycles. The topological polar surface area (TPSA) is 62.2 Å². The summed E-state index contributed by atoms with van der Waals surface area (Å²) < 4.78 is 0. The lowest BCUT2D eigenvalue weighted by Crippen LogP contribution is -2.39. The first kappa shape index (κ1) is 16.5. The van der Waals surface area contributed by atoms with Crippen LogP contribution in [0.15, 0.2) is 48.0 Å². The molecule has 7 heteroatoms. The standard InChI is InChI=1S/C20H19N5OS/c1-27-20-22-11-16-18(23-20)24-9-3-5-14(24)12-25(19(16)26)17-6-2-4-13-10-21-8-7-15(13)17/h2,4,6-8,10-11,14H,3,5,9,12H2,1H3/t14-/m0/s1. The molecule has 1 atom stereocenters. The van der Waals surface area contributed by atoms with Crippen molar-refractivity contribution in [2.45, 2.75) is 24.0 Å². The van der Waals surface area contributed by atoms with Crippen LogP contribution >= 0.6 is 11.8 Å². The van der Waals surface area contributed by atoms with Gasteiger partial charge in [0, 0.05) is 48.5 Å². The lowest BCUT2D eigenvalue weighted by atomic mass is 10.1. The van der Waals surface area contributed by atoms with Gasteiger partial charge in [-0.15, -0.1) is 0 Å². The van der Waals surface area contributed by atoms with E-state index in [2.05, 4.69) is 14.9 Å². The highest BCUT2D eigenvalue weighted by Gasteiger charge is 2.37. The minimum Gasteiger partial charge on any atom is -0.351 e. The Morgan fingerprint density at radius 2 is 2.15 bits per heavy atom. The van der Waals surface area contributed by atoms with Crippen molar-refractivity contribution < 1.29 is 4.79 Å². The van der Waals surface area contributed by atoms with Gasteiger partial charge in [0.1, 0.15) is 11.4 Å². The maximum atomic E-state index is 13.5. The molecule has 1 fully saturated rings. The molecule has 1 saturated heterocycles. The van der Waals surface area contributed by atoms with Crippen molar-refractivity contribution >= 4 is 39.9 Å². The number of rotatable bonds is 2. The molecule has 0 N–H and O–H groups in total. The fourth-order valence-electron chi connectivity index (χ4n) is 4.12. The molecule has 0 bridgehead atoms. The first-order valence-corrected chi connectivity index (χ1v) is 10.3. The molecule has 6 nitrogen and oxygen atoms in total. The Labute approximate surface area is 161 Å². The first-order valence-electron chi connectivity index (χ1n) is 9.08. The summed E-state index contributed by atoms with van der Waals surface area (Å²) in [6.45, 7) is 1.59. The number of hydrogen-bond donors (Lipinski definition) is 0. The smallest absolute Gasteiger partial charge is 0.263 e. The number of carbonyl (C=O) groups is 1. The van der Waals surface area contributed by atoms with Gasteiger partial charge in [-0.2, -0.15) is 0 Å². The van der Waals surface area contributed by atoms with Gasteiger partial charge in [0.05, 0.1) is 5.69 Å². The molecule has 1 aromatic carbocycles. The number of amides is 1. The van der Waals surface area contributed by atoms with Gasteiger partial charge in [-0.1, -0.05) is 23.9 Å². The molecule has 27 heavy (non-hydrogen) atoms. The number of pyridine rings is 1. The summed E-state index contributed by atoms with van der Waals surface area (Å²) in [6, 6.07) is 8.28. The monoisotopic (exact) mass is 377 g/mol. The molecule has 2 aromatic heterocycles. The van der Waals surface area contributed by atoms with Crippen molar-refractivity contribution in [3.8, 4) is 0 Å². The minimum atomic E-state index is -0.0311. The average Bonchev–Trinajstić information content (AvgIpc) is 3.15. The summed E-state index contributed by atoms with van der Waals surface area (Å²) >= 11 is 1.50. The van der Waals surface area contributed by atoms with Crippen molar-refractivity contribution in [3.63, 3.8) is 0 Å². The molecule has 0 unspecified atom stereocenters. The summed E-state index contributed by atoms with van der Waals surface area (Å²) in [5, 5.41) is 2.77. The second kappa shape index (κ2) is 6.49. The largest absolute Gasteiger partial charge is 0.351 e. The van der Waals surface area contributed by atoms with Crippen LogP contribution < -0.4 is 9.80 Å². The van der Waals surface area contributed by atoms with Crippen molar-refractivity contribution in [2.75, 3.05) is 29.1 Å². The fraction of sp³-hybridized carbons (Fsp3) is 0.300. The number of anilines is 2. The van der Waals surface area contributed by atoms with Crippen LogP contribution in [-0.4, -0.2) is 46.2 Å². The Kier molecular flexibility index (Phi) is 3.97. The van der Waals surface area contributed by atoms with Crippen LogP contribution in [0.1, 0.15) is 23.2 Å². The van der Waals surface area contributed by atoms with Crippen molar-refractivity contribution in [1.29, 1.82) is 0 Å². The zero-order valence-corrected chi connectivity index (χ0v) is 15.8. The number of fused-ring (bicyclic) bond motifs is 4. The number of hydrogen-bond acceptors (Lipinski definition) is 6. The highest BCUT2D eigenvalue weighted by molar-refractivity contribution is 7.98. The maximum Gasteiger partial charge on any atom is 0.263 e. The van der Waals surface area contributed by atoms with Crippen LogP contribution in [0, 0.1) is 0 Å². The van der Waals surface area contributed by atoms with Crippen molar-refractivity contribution in [2.24, 2.45) is 0 Å². The van der Waals surface area contributed by atoms with Gasteiger partial charge < -0.3 is 9.80 Å². The SMILES string of the molecule is CSc1ncc2c(n1)N1CCC[C@H]1CN(c1cccc3cnccc13)C2=O. The summed E-state index contributed by atoms with van der Waals surface area (Å²) in [5.41, 5.74) is 1.51. The van der Waals surface area contributed by atoms with Gasteiger partial charge in [-0.25, -0.2) is 9.97 Å². The van der Waals surface area contributed by atoms with Crippen LogP contribution in [0.4, 0.5) is 11.5 Å². The number of carbonyl (C=O) groups excluding carboxylic acids is 1. The lowest BCUT2D eigenvalue weighted by molar-refractivity contribution is 0.0988. The van der Waals surface area contributed by atoms with E-state index >= 15 is 0 Å². The molecular weight excluding hydrogens is 358 g/mol. The molecule has 2 aliphatic rings. The average molecular weight is 377 g/mol. The number of benzene rings is 1. The van der Waals surface area contributed by atoms with Crippen molar-refractivity contribution in [3.05, 3.63) is 48.4 Å². The summed E-state index contributed by atoms with van der Waals surface area (Å²) in [5.74, 6) is 0.752. The van der Waals surface area contributed by atoms with E-state index in [1.165, 1.54) is 11.8 Å². The summed E-state index contributed by atoms with van der Waals surface area (Å²) in [4.78, 5) is 31.0. The zero-order valence-electron chi connectivity index (χ0n) is 15.0. The van der Waals surface area contributed by atoms with Crippen LogP contribution in [0.3, 0.4) is 0 Å². The van der Waals surface area contributed by atoms with Crippen LogP contribution in [0.25, 0.3) is 10.8 Å². The zero-order chi connectivity index (χ0) is 18.4. The Morgan fingerprint density at radius 1 is 1.22 bits per heavy atom. The molecule has 0 aliphatic carbocycles. The normalized spacial score (nSPS) is 19.1. The first-order chi connectivity index (χ1) is 13.3. The van der Waals surface area contributed by atoms with Crippen molar-refractivity contribution in [1.82, 2.24) is 15.0 Å². The number of nitrogens with zero attached hydrogens (tertiary/aromatic N) is 5. The van der Waals surface area contributed by atoms with Gasteiger partial charge in [0.15, 0.2) is 5.16 Å². The maximum absolute atomic E-state index is 13.5. The third kappa shape index (κ3) is 2.65. The second-order valence-electron chi connectivity index (χ2n) is 6.87. The van der Waals surface area contributed by atoms with Crippen LogP contribution in [-0.2, 0) is 0 Å².